The predicted molar refractivity (Wildman–Crippen MR) is 66.3 cm³/mol. The summed E-state index contributed by atoms with van der Waals surface area (Å²) in [5.41, 5.74) is -0.204. The minimum Gasteiger partial charge on any atom is -0.301 e. The van der Waals surface area contributed by atoms with Gasteiger partial charge in [-0.2, -0.15) is 5.26 Å². The smallest absolute Gasteiger partial charge is 0.280 e. The molecule has 0 fully saturated rings. The van der Waals surface area contributed by atoms with E-state index < -0.39 is 9.85 Å². The number of non-ortho nitro benzene ring substituents is 1. The summed E-state index contributed by atoms with van der Waals surface area (Å²) in [6.07, 6.45) is 0.317. The van der Waals surface area contributed by atoms with E-state index in [1.807, 2.05) is 6.07 Å². The molecule has 0 amide bonds. The van der Waals surface area contributed by atoms with E-state index in [-0.39, 0.29) is 17.9 Å². The van der Waals surface area contributed by atoms with E-state index in [4.69, 9.17) is 5.26 Å². The van der Waals surface area contributed by atoms with Gasteiger partial charge in [0, 0.05) is 31.1 Å². The van der Waals surface area contributed by atoms with Gasteiger partial charge in [-0.15, -0.1) is 0 Å². The third-order valence-electron chi connectivity index (χ3n) is 2.52. The molecule has 0 bridgehead atoms. The first-order valence-electron chi connectivity index (χ1n) is 5.43. The molecular formula is C11H12N4O4. The Morgan fingerprint density at radius 1 is 1.32 bits per heavy atom. The highest BCUT2D eigenvalue weighted by atomic mass is 16.6. The molecule has 0 unspecified atom stereocenters. The van der Waals surface area contributed by atoms with Crippen molar-refractivity contribution < 1.29 is 9.85 Å². The van der Waals surface area contributed by atoms with E-state index in [2.05, 4.69) is 0 Å². The zero-order valence-electron chi connectivity index (χ0n) is 10.3. The minimum atomic E-state index is -0.670. The summed E-state index contributed by atoms with van der Waals surface area (Å²) >= 11 is 0. The summed E-state index contributed by atoms with van der Waals surface area (Å²) in [5.74, 6) is 0. The normalized spacial score (nSPS) is 10.2. The molecule has 1 rings (SSSR count). The van der Waals surface area contributed by atoms with Gasteiger partial charge in [-0.1, -0.05) is 0 Å². The van der Waals surface area contributed by atoms with Gasteiger partial charge in [-0.25, -0.2) is 0 Å². The van der Waals surface area contributed by atoms with Crippen molar-refractivity contribution in [1.29, 1.82) is 5.26 Å². The fraction of sp³-hybridized carbons (Fsp3) is 0.364. The molecule has 0 aliphatic rings. The van der Waals surface area contributed by atoms with Gasteiger partial charge in [-0.3, -0.25) is 20.2 Å². The van der Waals surface area contributed by atoms with E-state index >= 15 is 0 Å². The van der Waals surface area contributed by atoms with Crippen molar-refractivity contribution in [2.24, 2.45) is 0 Å². The van der Waals surface area contributed by atoms with Crippen LogP contribution in [0.1, 0.15) is 12.0 Å². The number of hydrogen-bond acceptors (Lipinski definition) is 6. The second kappa shape index (κ2) is 6.42. The van der Waals surface area contributed by atoms with Gasteiger partial charge in [0.05, 0.1) is 22.0 Å². The predicted octanol–water partition coefficient (Wildman–Crippen LogP) is 1.85. The summed E-state index contributed by atoms with van der Waals surface area (Å²) in [6.45, 7) is 0.737. The lowest BCUT2D eigenvalue weighted by Crippen LogP contribution is -2.19. The maximum Gasteiger partial charge on any atom is 0.280 e. The zero-order valence-corrected chi connectivity index (χ0v) is 10.3. The molecule has 0 aliphatic carbocycles. The monoisotopic (exact) mass is 264 g/mol. The molecule has 19 heavy (non-hydrogen) atoms. The second-order valence-corrected chi connectivity index (χ2v) is 3.97. The molecule has 0 saturated heterocycles. The molecule has 0 aliphatic heterocycles. The topological polar surface area (TPSA) is 113 Å². The first kappa shape index (κ1) is 14.5. The Balaban J connectivity index is 2.97. The highest BCUT2D eigenvalue weighted by molar-refractivity contribution is 5.49. The fourth-order valence-corrected chi connectivity index (χ4v) is 1.58. The molecule has 0 aromatic heterocycles. The van der Waals surface area contributed by atoms with Crippen molar-refractivity contribution in [3.63, 3.8) is 0 Å². The third-order valence-corrected chi connectivity index (χ3v) is 2.52. The van der Waals surface area contributed by atoms with Crippen LogP contribution in [0, 0.1) is 31.6 Å². The van der Waals surface area contributed by atoms with Crippen LogP contribution < -0.4 is 0 Å². The Hall–Kier alpha value is -2.53. The quantitative estimate of drug-likeness (QED) is 0.572. The van der Waals surface area contributed by atoms with Crippen molar-refractivity contribution in [2.45, 2.75) is 13.0 Å². The van der Waals surface area contributed by atoms with Crippen LogP contribution in [-0.4, -0.2) is 28.3 Å². The Morgan fingerprint density at radius 3 is 2.53 bits per heavy atom. The molecule has 1 aromatic rings. The van der Waals surface area contributed by atoms with Gasteiger partial charge in [0.1, 0.15) is 0 Å². The van der Waals surface area contributed by atoms with Crippen LogP contribution in [-0.2, 0) is 6.54 Å². The first-order chi connectivity index (χ1) is 8.95. The maximum atomic E-state index is 10.9. The van der Waals surface area contributed by atoms with E-state index in [0.29, 0.717) is 18.5 Å². The van der Waals surface area contributed by atoms with Crippen LogP contribution >= 0.6 is 0 Å². The van der Waals surface area contributed by atoms with Crippen LogP contribution in [0.15, 0.2) is 18.2 Å². The van der Waals surface area contributed by atoms with Crippen LogP contribution in [0.2, 0.25) is 0 Å². The standard InChI is InChI=1S/C11H12N4O4/c1-13(6-2-5-12)8-9-3-4-10(14(16)17)7-11(9)15(18)19/h3-4,7H,2,6,8H2,1H3. The van der Waals surface area contributed by atoms with Gasteiger partial charge >= 0.3 is 0 Å². The van der Waals surface area contributed by atoms with E-state index in [9.17, 15) is 20.2 Å². The SMILES string of the molecule is CN(CCC#N)Cc1ccc([N+](=O)[O-])cc1[N+](=O)[O-]. The van der Waals surface area contributed by atoms with E-state index in [1.165, 1.54) is 12.1 Å². The Kier molecular flexibility index (Phi) is 4.91. The molecule has 0 radical (unpaired) electrons. The molecule has 0 N–H and O–H groups in total. The first-order valence-corrected chi connectivity index (χ1v) is 5.43. The highest BCUT2D eigenvalue weighted by Crippen LogP contribution is 2.25. The summed E-state index contributed by atoms with van der Waals surface area (Å²) in [4.78, 5) is 21.9. The Morgan fingerprint density at radius 2 is 2.00 bits per heavy atom. The van der Waals surface area contributed by atoms with Crippen LogP contribution in [0.5, 0.6) is 0 Å². The van der Waals surface area contributed by atoms with Crippen molar-refractivity contribution in [3.8, 4) is 6.07 Å². The van der Waals surface area contributed by atoms with Gasteiger partial charge in [0.25, 0.3) is 11.4 Å². The molecule has 0 heterocycles. The van der Waals surface area contributed by atoms with Crippen molar-refractivity contribution in [2.75, 3.05) is 13.6 Å². The largest absolute Gasteiger partial charge is 0.301 e. The number of nitriles is 1. The van der Waals surface area contributed by atoms with Crippen molar-refractivity contribution in [1.82, 2.24) is 4.90 Å². The Bertz CT molecular complexity index is 538. The van der Waals surface area contributed by atoms with Gasteiger partial charge in [0.2, 0.25) is 0 Å². The van der Waals surface area contributed by atoms with Gasteiger partial charge < -0.3 is 4.90 Å². The van der Waals surface area contributed by atoms with E-state index in [1.54, 1.807) is 11.9 Å². The molecule has 0 spiro atoms. The summed E-state index contributed by atoms with van der Waals surface area (Å²) in [5, 5.41) is 30.0. The van der Waals surface area contributed by atoms with Gasteiger partial charge in [0.15, 0.2) is 0 Å². The maximum absolute atomic E-state index is 10.9. The average Bonchev–Trinajstić information content (AvgIpc) is 2.36. The van der Waals surface area contributed by atoms with Crippen molar-refractivity contribution >= 4 is 11.4 Å². The molecular weight excluding hydrogens is 252 g/mol. The molecule has 8 nitrogen and oxygen atoms in total. The minimum absolute atomic E-state index is 0.260. The lowest BCUT2D eigenvalue weighted by molar-refractivity contribution is -0.394. The zero-order chi connectivity index (χ0) is 14.4. The van der Waals surface area contributed by atoms with Crippen molar-refractivity contribution in [3.05, 3.63) is 44.0 Å². The number of nitro benzene ring substituents is 2. The van der Waals surface area contributed by atoms with E-state index in [0.717, 1.165) is 6.07 Å². The lowest BCUT2D eigenvalue weighted by Gasteiger charge is -2.14. The lowest BCUT2D eigenvalue weighted by atomic mass is 10.1. The Labute approximate surface area is 109 Å². The third kappa shape index (κ3) is 4.01. The van der Waals surface area contributed by atoms with Crippen LogP contribution in [0.25, 0.3) is 0 Å². The molecule has 100 valence electrons. The fourth-order valence-electron chi connectivity index (χ4n) is 1.58. The second-order valence-electron chi connectivity index (χ2n) is 3.97. The number of benzene rings is 1. The molecule has 8 heteroatoms. The summed E-state index contributed by atoms with van der Waals surface area (Å²) < 4.78 is 0. The number of hydrogen-bond donors (Lipinski definition) is 0. The number of nitrogens with zero attached hydrogens (tertiary/aromatic N) is 4. The van der Waals surface area contributed by atoms with Crippen LogP contribution in [0.3, 0.4) is 0 Å². The molecule has 0 atom stereocenters. The van der Waals surface area contributed by atoms with Gasteiger partial charge in [-0.05, 0) is 13.1 Å². The summed E-state index contributed by atoms with van der Waals surface area (Å²) in [6, 6.07) is 5.54. The highest BCUT2D eigenvalue weighted by Gasteiger charge is 2.19. The molecule has 1 aromatic carbocycles. The number of nitro groups is 2. The van der Waals surface area contributed by atoms with Crippen LogP contribution in [0.4, 0.5) is 11.4 Å². The average molecular weight is 264 g/mol. The molecule has 0 saturated carbocycles. The summed E-state index contributed by atoms with van der Waals surface area (Å²) in [7, 11) is 1.72. The number of rotatable bonds is 6.